The summed E-state index contributed by atoms with van der Waals surface area (Å²) in [5.74, 6) is -0.809. The molecule has 18 heavy (non-hydrogen) atoms. The van der Waals surface area contributed by atoms with E-state index in [9.17, 15) is 9.90 Å². The molecule has 0 atom stereocenters. The van der Waals surface area contributed by atoms with Gasteiger partial charge in [0.15, 0.2) is 0 Å². The first-order valence-electron chi connectivity index (χ1n) is 5.67. The maximum absolute atomic E-state index is 11.2. The van der Waals surface area contributed by atoms with Gasteiger partial charge in [0.25, 0.3) is 0 Å². The Balaban J connectivity index is 2.38. The summed E-state index contributed by atoms with van der Waals surface area (Å²) in [5.41, 5.74) is 0.996. The average molecular weight is 245 g/mol. The number of carboxylic acids is 1. The fourth-order valence-corrected chi connectivity index (χ4v) is 1.77. The summed E-state index contributed by atoms with van der Waals surface area (Å²) in [5, 5.41) is 13.3. The summed E-state index contributed by atoms with van der Waals surface area (Å²) in [6.45, 7) is 3.43. The van der Waals surface area contributed by atoms with Gasteiger partial charge >= 0.3 is 5.97 Å². The normalized spacial score (nSPS) is 11.4. The Bertz CT molecular complexity index is 547. The monoisotopic (exact) mass is 245 g/mol. The molecule has 0 radical (unpaired) electrons. The molecule has 2 rings (SSSR count). The van der Waals surface area contributed by atoms with Crippen LogP contribution in [0.4, 0.5) is 0 Å². The van der Waals surface area contributed by atoms with E-state index in [1.165, 1.54) is 6.33 Å². The predicted octanol–water partition coefficient (Wildman–Crippen LogP) is 1.92. The smallest absolute Gasteiger partial charge is 0.309 e. The molecule has 94 valence electrons. The first-order chi connectivity index (χ1) is 8.50. The maximum Gasteiger partial charge on any atom is 0.309 e. The zero-order chi connectivity index (χ0) is 13.2. The second-order valence-electron chi connectivity index (χ2n) is 4.83. The molecule has 0 unspecified atom stereocenters. The van der Waals surface area contributed by atoms with Crippen LogP contribution in [0.15, 0.2) is 36.9 Å². The molecule has 1 aromatic heterocycles. The first-order valence-corrected chi connectivity index (χ1v) is 5.67. The van der Waals surface area contributed by atoms with Gasteiger partial charge in [0.2, 0.25) is 0 Å². The van der Waals surface area contributed by atoms with E-state index in [-0.39, 0.29) is 0 Å². The number of nitrogens with zero attached hydrogens (tertiary/aromatic N) is 3. The topological polar surface area (TPSA) is 68.0 Å². The van der Waals surface area contributed by atoms with E-state index in [1.54, 1.807) is 24.9 Å². The predicted molar refractivity (Wildman–Crippen MR) is 66.5 cm³/mol. The minimum Gasteiger partial charge on any atom is -0.481 e. The second kappa shape index (κ2) is 4.60. The number of aliphatic carboxylic acids is 1. The number of rotatable bonds is 4. The highest BCUT2D eigenvalue weighted by Crippen LogP contribution is 2.25. The summed E-state index contributed by atoms with van der Waals surface area (Å²) in [7, 11) is 0. The molecule has 0 saturated carbocycles. The Morgan fingerprint density at radius 3 is 2.72 bits per heavy atom. The number of carboxylic acid groups (broad SMARTS) is 1. The van der Waals surface area contributed by atoms with Crippen molar-refractivity contribution in [3.05, 3.63) is 42.5 Å². The van der Waals surface area contributed by atoms with Gasteiger partial charge in [0, 0.05) is 0 Å². The van der Waals surface area contributed by atoms with Gasteiger partial charge in [-0.1, -0.05) is 18.2 Å². The van der Waals surface area contributed by atoms with Gasteiger partial charge in [0.1, 0.15) is 12.7 Å². The number of benzene rings is 1. The van der Waals surface area contributed by atoms with E-state index < -0.39 is 11.4 Å². The number of aromatic nitrogens is 3. The van der Waals surface area contributed by atoms with Crippen LogP contribution in [0.25, 0.3) is 5.69 Å². The molecule has 0 spiro atoms. The molecule has 5 nitrogen and oxygen atoms in total. The lowest BCUT2D eigenvalue weighted by Gasteiger charge is -2.20. The molecule has 0 aliphatic carbocycles. The Labute approximate surface area is 105 Å². The van der Waals surface area contributed by atoms with Gasteiger partial charge in [0.05, 0.1) is 11.1 Å². The molecule has 0 aliphatic heterocycles. The van der Waals surface area contributed by atoms with Gasteiger partial charge in [-0.25, -0.2) is 9.67 Å². The van der Waals surface area contributed by atoms with Crippen molar-refractivity contribution >= 4 is 5.97 Å². The standard InChI is InChI=1S/C13H15N3O2/c1-13(2,12(17)18)7-10-5-3-4-6-11(10)16-9-14-8-15-16/h3-6,8-9H,7H2,1-2H3,(H,17,18). The van der Waals surface area contributed by atoms with Crippen molar-refractivity contribution in [3.8, 4) is 5.69 Å². The minimum atomic E-state index is -0.809. The molecule has 0 amide bonds. The van der Waals surface area contributed by atoms with Crippen molar-refractivity contribution in [2.24, 2.45) is 5.41 Å². The van der Waals surface area contributed by atoms with Crippen LogP contribution in [-0.2, 0) is 11.2 Å². The molecule has 5 heteroatoms. The number of hydrogen-bond acceptors (Lipinski definition) is 3. The Kier molecular flexibility index (Phi) is 3.14. The third-order valence-electron chi connectivity index (χ3n) is 2.87. The zero-order valence-corrected chi connectivity index (χ0v) is 10.4. The highest BCUT2D eigenvalue weighted by Gasteiger charge is 2.28. The fourth-order valence-electron chi connectivity index (χ4n) is 1.77. The van der Waals surface area contributed by atoms with Crippen LogP contribution in [0.2, 0.25) is 0 Å². The molecule has 1 aromatic carbocycles. The molecule has 0 saturated heterocycles. The maximum atomic E-state index is 11.2. The van der Waals surface area contributed by atoms with E-state index >= 15 is 0 Å². The van der Waals surface area contributed by atoms with Crippen molar-refractivity contribution < 1.29 is 9.90 Å². The number of para-hydroxylation sites is 1. The van der Waals surface area contributed by atoms with Crippen molar-refractivity contribution in [1.29, 1.82) is 0 Å². The van der Waals surface area contributed by atoms with Crippen molar-refractivity contribution in [1.82, 2.24) is 14.8 Å². The Morgan fingerprint density at radius 1 is 1.39 bits per heavy atom. The summed E-state index contributed by atoms with van der Waals surface area (Å²) < 4.78 is 1.65. The Hall–Kier alpha value is -2.17. The molecule has 0 bridgehead atoms. The molecule has 0 aliphatic rings. The fraction of sp³-hybridized carbons (Fsp3) is 0.308. The molecular weight excluding hydrogens is 230 g/mol. The number of carbonyl (C=O) groups is 1. The highest BCUT2D eigenvalue weighted by atomic mass is 16.4. The second-order valence-corrected chi connectivity index (χ2v) is 4.83. The number of hydrogen-bond donors (Lipinski definition) is 1. The largest absolute Gasteiger partial charge is 0.481 e. The van der Waals surface area contributed by atoms with Crippen LogP contribution in [0.5, 0.6) is 0 Å². The van der Waals surface area contributed by atoms with Gasteiger partial charge < -0.3 is 5.11 Å². The van der Waals surface area contributed by atoms with Crippen LogP contribution in [0.1, 0.15) is 19.4 Å². The van der Waals surface area contributed by atoms with Crippen LogP contribution in [-0.4, -0.2) is 25.8 Å². The molecule has 2 aromatic rings. The van der Waals surface area contributed by atoms with Crippen molar-refractivity contribution in [3.63, 3.8) is 0 Å². The lowest BCUT2D eigenvalue weighted by Crippen LogP contribution is -2.26. The zero-order valence-electron chi connectivity index (χ0n) is 10.4. The van der Waals surface area contributed by atoms with Crippen LogP contribution in [0.3, 0.4) is 0 Å². The van der Waals surface area contributed by atoms with Gasteiger partial charge in [-0.3, -0.25) is 4.79 Å². The molecule has 0 fully saturated rings. The highest BCUT2D eigenvalue weighted by molar-refractivity contribution is 5.74. The lowest BCUT2D eigenvalue weighted by atomic mass is 9.85. The molecule has 1 N–H and O–H groups in total. The molecule has 1 heterocycles. The van der Waals surface area contributed by atoms with E-state index in [4.69, 9.17) is 0 Å². The summed E-state index contributed by atoms with van der Waals surface area (Å²) in [6, 6.07) is 7.62. The third-order valence-corrected chi connectivity index (χ3v) is 2.87. The average Bonchev–Trinajstić information content (AvgIpc) is 2.82. The van der Waals surface area contributed by atoms with Crippen molar-refractivity contribution in [2.75, 3.05) is 0 Å². The quantitative estimate of drug-likeness (QED) is 0.893. The van der Waals surface area contributed by atoms with Gasteiger partial charge in [-0.05, 0) is 31.9 Å². The summed E-state index contributed by atoms with van der Waals surface area (Å²) in [4.78, 5) is 15.1. The van der Waals surface area contributed by atoms with Crippen LogP contribution >= 0.6 is 0 Å². The first kappa shape index (κ1) is 12.3. The SMILES string of the molecule is CC(C)(Cc1ccccc1-n1cncn1)C(=O)O. The minimum absolute atomic E-state index is 0.443. The summed E-state index contributed by atoms with van der Waals surface area (Å²) in [6.07, 6.45) is 3.50. The van der Waals surface area contributed by atoms with E-state index in [0.717, 1.165) is 11.3 Å². The van der Waals surface area contributed by atoms with Crippen LogP contribution < -0.4 is 0 Å². The van der Waals surface area contributed by atoms with Crippen LogP contribution in [0, 0.1) is 5.41 Å². The lowest BCUT2D eigenvalue weighted by molar-refractivity contribution is -0.146. The molecular formula is C13H15N3O2. The van der Waals surface area contributed by atoms with Gasteiger partial charge in [-0.15, -0.1) is 0 Å². The van der Waals surface area contributed by atoms with E-state index in [0.29, 0.717) is 6.42 Å². The van der Waals surface area contributed by atoms with Gasteiger partial charge in [-0.2, -0.15) is 5.10 Å². The van der Waals surface area contributed by atoms with Crippen molar-refractivity contribution in [2.45, 2.75) is 20.3 Å². The van der Waals surface area contributed by atoms with E-state index in [2.05, 4.69) is 10.1 Å². The Morgan fingerprint density at radius 2 is 2.11 bits per heavy atom. The summed E-state index contributed by atoms with van der Waals surface area (Å²) >= 11 is 0. The third kappa shape index (κ3) is 2.40. The van der Waals surface area contributed by atoms with E-state index in [1.807, 2.05) is 24.3 Å².